The summed E-state index contributed by atoms with van der Waals surface area (Å²) < 4.78 is 167. The van der Waals surface area contributed by atoms with Gasteiger partial charge in [-0.25, -0.2) is 0 Å². The van der Waals surface area contributed by atoms with Gasteiger partial charge in [-0.15, -0.1) is 0 Å². The number of amides is 3. The van der Waals surface area contributed by atoms with Crippen molar-refractivity contribution in [3.8, 4) is 0 Å². The Morgan fingerprint density at radius 1 is 0.163 bits per heavy atom. The van der Waals surface area contributed by atoms with Crippen LogP contribution in [0.5, 0.6) is 0 Å². The molecule has 0 fully saturated rings. The number of benzene rings is 1. The maximum absolute atomic E-state index is 14.5. The molecular formula is C84H213N3O27Si27. The van der Waals surface area contributed by atoms with Gasteiger partial charge in [-0.1, -0.05) is 59.3 Å². The average molecular weight is 2460 g/mol. The molecule has 0 aliphatic heterocycles. The number of unbranched alkanes of at least 4 members (excludes halogenated alkanes) is 3. The van der Waals surface area contributed by atoms with Crippen LogP contribution in [0.15, 0.2) is 18.2 Å². The molecule has 1 aromatic carbocycles. The average Bonchev–Trinajstić information content (AvgIpc) is 0.793. The summed E-state index contributed by atoms with van der Waals surface area (Å²) in [7, 11) is -71.3. The normalized spacial score (nSPS) is 15.1. The highest BCUT2D eigenvalue weighted by Gasteiger charge is 2.56. The Hall–Kier alpha value is 2.53. The SMILES string of the molecule is CCCC[Si](C)(C)O[Si](C)(C)O[Si](C)(C)O[Si](C)(C)O[Si](C)(C)O[Si](C)(C)O[Si](C)(C)O[Si](C)(C)O[Si](C)(C)CCCNC(=O)c1cc(C(=O)NCCC[Si](C)(C)O[Si](C)(C)O[Si](C)(C)O[Si](C)(C)O[Si](C)(C)O[Si](C)(C)O[Si](C)(C)O[Si](C)(C)O[Si](C)(C)CCCC)cc(C(=O)NCCC[Si](C)(C)O[Si](C)(C)O[Si](C)(C)O[Si](C)(C)O[Si](C)(C)O[Si](C)(C)O[Si](C)(C)O[Si](C)(C)O[Si](C)(C)CCCC)c1. The van der Waals surface area contributed by atoms with Gasteiger partial charge in [0.2, 0.25) is 0 Å². The Morgan fingerprint density at radius 2 is 0.255 bits per heavy atom. The first-order chi connectivity index (χ1) is 62.1. The molecule has 141 heavy (non-hydrogen) atoms. The molecule has 0 unspecified atom stereocenters. The maximum Gasteiger partial charge on any atom is 0.314 e. The van der Waals surface area contributed by atoms with E-state index in [0.29, 0.717) is 57.0 Å². The molecular weight excluding hydrogens is 2240 g/mol. The predicted molar refractivity (Wildman–Crippen MR) is 649 cm³/mol. The molecule has 30 nitrogen and oxygen atoms in total. The van der Waals surface area contributed by atoms with Crippen LogP contribution in [0.25, 0.3) is 0 Å². The van der Waals surface area contributed by atoms with Crippen LogP contribution >= 0.6 is 0 Å². The van der Waals surface area contributed by atoms with Crippen LogP contribution in [0.2, 0.25) is 390 Å². The number of hydrogen-bond donors (Lipinski definition) is 3. The van der Waals surface area contributed by atoms with Gasteiger partial charge < -0.3 is 115 Å². The third-order valence-corrected chi connectivity index (χ3v) is 126. The fourth-order valence-electron chi connectivity index (χ4n) is 20.7. The standard InChI is InChI=1S/C84H213N3O27Si27/c1-58-61-70-115(4,5)91-121(16,17)97-127(28,29)103-133(40,41)109-139(52,53)112-136(46,47)106-130(34,35)100-124(22,23)94-118(10,11)73-64-67-85-82(88)79-76-80(83(89)86-68-65-74-119(12,13)95-125(24,25)101-131(36,37)107-137(48,49)113-140(54,55)110-134(42,43)104-128(30,31)98-122(18,19)92-116(6,7)71-62-59-2)78-81(77-79)84(90)87-69-66-75-120(14,15)96-126(26,27)102-132(38,39)108-138(50,51)114-141(56,57)111-135(44,45)105-129(32,33)99-123(20,21)93-117(8,9)72-63-60-3/h76-78H,58-75H2,1-57H3,(H,85,88)(H,86,89)(H,87,90). The third-order valence-electron chi connectivity index (χ3n) is 20.8. The van der Waals surface area contributed by atoms with E-state index in [0.717, 1.165) is 56.7 Å². The molecule has 0 aliphatic rings. The van der Waals surface area contributed by atoms with E-state index in [-0.39, 0.29) is 16.7 Å². The van der Waals surface area contributed by atoms with Gasteiger partial charge in [0.1, 0.15) is 0 Å². The minimum absolute atomic E-state index is 0.185. The molecule has 0 aliphatic carbocycles. The van der Waals surface area contributed by atoms with Gasteiger partial charge in [0.25, 0.3) is 17.7 Å². The van der Waals surface area contributed by atoms with Crippen molar-refractivity contribution in [1.82, 2.24) is 16.0 Å². The largest absolute Gasteiger partial charge is 0.436 e. The van der Waals surface area contributed by atoms with Crippen molar-refractivity contribution in [1.29, 1.82) is 0 Å². The zero-order valence-electron chi connectivity index (χ0n) is 100. The van der Waals surface area contributed by atoms with E-state index >= 15 is 0 Å². The van der Waals surface area contributed by atoms with Crippen molar-refractivity contribution in [2.24, 2.45) is 0 Å². The Bertz CT molecular complexity index is 3640. The molecule has 0 aromatic heterocycles. The lowest BCUT2D eigenvalue weighted by Gasteiger charge is -2.44. The summed E-state index contributed by atoms with van der Waals surface area (Å²) in [5, 5.41) is 9.36. The zero-order valence-corrected chi connectivity index (χ0v) is 127. The summed E-state index contributed by atoms with van der Waals surface area (Å²) >= 11 is 0. The smallest absolute Gasteiger partial charge is 0.314 e. The van der Waals surface area contributed by atoms with Crippen LogP contribution in [0.3, 0.4) is 0 Å². The number of carbonyl (C=O) groups is 3. The molecule has 0 saturated carbocycles. The lowest BCUT2D eigenvalue weighted by atomic mass is 10.0. The topological polar surface area (TPSA) is 309 Å². The second-order valence-electron chi connectivity index (χ2n) is 51.6. The van der Waals surface area contributed by atoms with Crippen molar-refractivity contribution in [2.45, 2.75) is 468 Å². The monoisotopic (exact) mass is 2450 g/mol. The van der Waals surface area contributed by atoms with E-state index in [1.54, 1.807) is 18.2 Å². The zero-order chi connectivity index (χ0) is 111. The first kappa shape index (κ1) is 142. The molecule has 0 saturated heterocycles. The van der Waals surface area contributed by atoms with Crippen molar-refractivity contribution >= 4 is 247 Å². The summed E-state index contributed by atoms with van der Waals surface area (Å²) in [5.41, 5.74) is 0.556. The molecule has 0 atom stereocenters. The second-order valence-corrected chi connectivity index (χ2v) is 154. The highest BCUT2D eigenvalue weighted by Crippen LogP contribution is 2.39. The summed E-state index contributed by atoms with van der Waals surface area (Å²) in [6.07, 6.45) is 8.73. The minimum Gasteiger partial charge on any atom is -0.436 e. The first-order valence-corrected chi connectivity index (χ1v) is 130. The molecule has 1 rings (SSSR count). The van der Waals surface area contributed by atoms with Gasteiger partial charge in [0.05, 0.1) is 0 Å². The van der Waals surface area contributed by atoms with E-state index < -0.39 is 247 Å². The van der Waals surface area contributed by atoms with Crippen LogP contribution in [-0.2, 0) is 98.8 Å². The Kier molecular flexibility index (Phi) is 53.9. The van der Waals surface area contributed by atoms with Gasteiger partial charge in [-0.2, -0.15) is 0 Å². The molecule has 0 spiro atoms. The van der Waals surface area contributed by atoms with Gasteiger partial charge in [0, 0.05) is 36.3 Å². The van der Waals surface area contributed by atoms with Crippen LogP contribution in [0, 0.1) is 0 Å². The molecule has 834 valence electrons. The van der Waals surface area contributed by atoms with Crippen LogP contribution < -0.4 is 16.0 Å². The fraction of sp³-hybridized carbons (Fsp3) is 0.893. The first-order valence-electron chi connectivity index (χ1n) is 51.9. The Labute approximate surface area is 891 Å². The van der Waals surface area contributed by atoms with Crippen molar-refractivity contribution < 1.29 is 113 Å². The van der Waals surface area contributed by atoms with Crippen molar-refractivity contribution in [3.63, 3.8) is 0 Å². The van der Waals surface area contributed by atoms with Crippen LogP contribution in [0.1, 0.15) is 110 Å². The van der Waals surface area contributed by atoms with Gasteiger partial charge in [0.15, 0.2) is 49.9 Å². The van der Waals surface area contributed by atoms with E-state index in [1.165, 1.54) is 0 Å². The summed E-state index contributed by atoms with van der Waals surface area (Å²) in [4.78, 5) is 43.6. The predicted octanol–water partition coefficient (Wildman–Crippen LogP) is 26.8. The highest BCUT2D eigenvalue weighted by atomic mass is 28.6. The van der Waals surface area contributed by atoms with E-state index in [2.05, 4.69) is 390 Å². The lowest BCUT2D eigenvalue weighted by molar-refractivity contribution is 0.0952. The molecule has 1 aromatic rings. The van der Waals surface area contributed by atoms with E-state index in [4.69, 9.17) is 98.8 Å². The van der Waals surface area contributed by atoms with Crippen LogP contribution in [-0.4, -0.2) is 267 Å². The Balaban J connectivity index is 3.50. The Morgan fingerprint density at radius 3 is 0.355 bits per heavy atom. The molecule has 3 amide bonds. The van der Waals surface area contributed by atoms with E-state index in [1.807, 2.05) is 0 Å². The molecule has 0 heterocycles. The number of rotatable bonds is 72. The van der Waals surface area contributed by atoms with Crippen molar-refractivity contribution in [3.05, 3.63) is 34.9 Å². The number of carbonyl (C=O) groups excluding carboxylic acids is 3. The maximum atomic E-state index is 14.5. The number of hydrogen-bond acceptors (Lipinski definition) is 27. The lowest BCUT2D eigenvalue weighted by Crippen LogP contribution is -2.62. The molecule has 57 heteroatoms. The van der Waals surface area contributed by atoms with Crippen LogP contribution in [0.4, 0.5) is 0 Å². The molecule has 3 N–H and O–H groups in total. The fourth-order valence-corrected chi connectivity index (χ4v) is 158. The molecule has 0 bridgehead atoms. The highest BCUT2D eigenvalue weighted by molar-refractivity contribution is 6.98. The minimum atomic E-state index is -2.88. The summed E-state index contributed by atoms with van der Waals surface area (Å²) in [6, 6.07) is 10.1. The number of nitrogens with one attached hydrogen (secondary N) is 3. The quantitative estimate of drug-likeness (QED) is 0.0403. The van der Waals surface area contributed by atoms with Gasteiger partial charge in [-0.05, 0) is 427 Å². The van der Waals surface area contributed by atoms with Gasteiger partial charge >= 0.3 is 180 Å². The van der Waals surface area contributed by atoms with E-state index in [9.17, 15) is 14.4 Å². The van der Waals surface area contributed by atoms with Gasteiger partial charge in [-0.3, -0.25) is 14.4 Å². The van der Waals surface area contributed by atoms with Crippen molar-refractivity contribution in [2.75, 3.05) is 19.6 Å². The molecule has 0 radical (unpaired) electrons. The second kappa shape index (κ2) is 53.7. The summed E-state index contributed by atoms with van der Waals surface area (Å²) in [5.74, 6) is -1.24. The summed E-state index contributed by atoms with van der Waals surface area (Å²) in [6.45, 7) is 122. The third kappa shape index (κ3) is 64.1.